The Bertz CT molecular complexity index is 641. The molecule has 0 unspecified atom stereocenters. The van der Waals surface area contributed by atoms with Gasteiger partial charge < -0.3 is 0 Å². The lowest BCUT2D eigenvalue weighted by atomic mass is 10.1. The highest BCUT2D eigenvalue weighted by Gasteiger charge is 2.05. The quantitative estimate of drug-likeness (QED) is 0.699. The molecule has 0 saturated carbocycles. The average molecular weight is 267 g/mol. The van der Waals surface area contributed by atoms with Gasteiger partial charge in [0.15, 0.2) is 0 Å². The van der Waals surface area contributed by atoms with Crippen LogP contribution in [0.25, 0.3) is 5.52 Å². The molecule has 104 valence electrons. The van der Waals surface area contributed by atoms with Crippen LogP contribution >= 0.6 is 0 Å². The van der Waals surface area contributed by atoms with Crippen LogP contribution < -0.4 is 0 Å². The maximum atomic E-state index is 4.26. The molecule has 3 rings (SSSR count). The Morgan fingerprint density at radius 3 is 2.55 bits per heavy atom. The van der Waals surface area contributed by atoms with Gasteiger partial charge in [-0.15, -0.1) is 0 Å². The summed E-state index contributed by atoms with van der Waals surface area (Å²) in [5.74, 6) is 0.546. The van der Waals surface area contributed by atoms with Gasteiger partial charge in [-0.25, -0.2) is 4.52 Å². The molecule has 3 nitrogen and oxygen atoms in total. The van der Waals surface area contributed by atoms with Crippen LogP contribution in [0.1, 0.15) is 37.8 Å². The van der Waals surface area contributed by atoms with Crippen LogP contribution in [-0.4, -0.2) is 14.6 Å². The molecule has 0 aliphatic rings. The van der Waals surface area contributed by atoms with Crippen LogP contribution in [0.3, 0.4) is 0 Å². The van der Waals surface area contributed by atoms with E-state index in [2.05, 4.69) is 43.0 Å². The number of nitrogens with zero attached hydrogens (tertiary/aromatic N) is 3. The summed E-state index contributed by atoms with van der Waals surface area (Å²) in [7, 11) is 0. The van der Waals surface area contributed by atoms with E-state index in [4.69, 9.17) is 0 Å². The van der Waals surface area contributed by atoms with E-state index in [0.717, 1.165) is 6.42 Å². The van der Waals surface area contributed by atoms with Crippen molar-refractivity contribution in [1.82, 2.24) is 14.6 Å². The van der Waals surface area contributed by atoms with Crippen LogP contribution in [-0.2, 0) is 6.42 Å². The first-order chi connectivity index (χ1) is 9.72. The summed E-state index contributed by atoms with van der Waals surface area (Å²) in [6.45, 7) is 6.49. The maximum Gasteiger partial charge on any atom is 0.0696 e. The average Bonchev–Trinajstić information content (AvgIpc) is 2.93. The molecule has 0 N–H and O–H groups in total. The number of aromatic nitrogens is 3. The molecule has 3 aromatic heterocycles. The molecule has 0 aliphatic heterocycles. The highest BCUT2D eigenvalue weighted by molar-refractivity contribution is 5.54. The van der Waals surface area contributed by atoms with Crippen molar-refractivity contribution in [1.29, 1.82) is 0 Å². The second kappa shape index (κ2) is 6.85. The lowest BCUT2D eigenvalue weighted by Crippen LogP contribution is -1.87. The van der Waals surface area contributed by atoms with Crippen molar-refractivity contribution < 1.29 is 0 Å². The van der Waals surface area contributed by atoms with Gasteiger partial charge in [-0.3, -0.25) is 4.98 Å². The Hall–Kier alpha value is -2.16. The summed E-state index contributed by atoms with van der Waals surface area (Å²) >= 11 is 0. The third kappa shape index (κ3) is 3.44. The Kier molecular flexibility index (Phi) is 4.88. The van der Waals surface area contributed by atoms with Gasteiger partial charge in [0.2, 0.25) is 0 Å². The predicted octanol–water partition coefficient (Wildman–Crippen LogP) is 4.10. The standard InChI is InChI=1S/C10H12N2.C7H9N/c1-8(2)9-7-11-12-6-4-3-5-10(9)12;1-2-7-4-3-5-8-6-7/h3-8H,1-2H3;3-6H,2H2,1H3. The van der Waals surface area contributed by atoms with Crippen molar-refractivity contribution in [2.45, 2.75) is 33.1 Å². The minimum Gasteiger partial charge on any atom is -0.264 e. The molecular weight excluding hydrogens is 246 g/mol. The number of fused-ring (bicyclic) bond motifs is 1. The zero-order chi connectivity index (χ0) is 14.4. The Labute approximate surface area is 120 Å². The topological polar surface area (TPSA) is 30.2 Å². The van der Waals surface area contributed by atoms with E-state index in [9.17, 15) is 0 Å². The lowest BCUT2D eigenvalue weighted by molar-refractivity contribution is 0.875. The van der Waals surface area contributed by atoms with E-state index in [1.807, 2.05) is 41.3 Å². The van der Waals surface area contributed by atoms with Crippen LogP contribution in [0, 0.1) is 0 Å². The van der Waals surface area contributed by atoms with E-state index in [1.54, 1.807) is 6.20 Å². The number of pyridine rings is 2. The molecule has 0 aromatic carbocycles. The maximum absolute atomic E-state index is 4.26. The summed E-state index contributed by atoms with van der Waals surface area (Å²) in [5, 5.41) is 4.26. The SMILES string of the molecule is CC(C)c1cnn2ccccc12.CCc1cccnc1. The van der Waals surface area contributed by atoms with Gasteiger partial charge in [0.1, 0.15) is 0 Å². The highest BCUT2D eigenvalue weighted by atomic mass is 15.2. The highest BCUT2D eigenvalue weighted by Crippen LogP contribution is 2.19. The van der Waals surface area contributed by atoms with Crippen molar-refractivity contribution >= 4 is 5.52 Å². The smallest absolute Gasteiger partial charge is 0.0696 e. The summed E-state index contributed by atoms with van der Waals surface area (Å²) in [6.07, 6.45) is 8.67. The minimum atomic E-state index is 0.546. The summed E-state index contributed by atoms with van der Waals surface area (Å²) in [6, 6.07) is 10.2. The van der Waals surface area contributed by atoms with Crippen molar-refractivity contribution in [3.63, 3.8) is 0 Å². The fourth-order valence-corrected chi connectivity index (χ4v) is 2.01. The zero-order valence-electron chi connectivity index (χ0n) is 12.3. The summed E-state index contributed by atoms with van der Waals surface area (Å²) in [5.41, 5.74) is 3.83. The van der Waals surface area contributed by atoms with Crippen LogP contribution in [0.15, 0.2) is 55.1 Å². The summed E-state index contributed by atoms with van der Waals surface area (Å²) in [4.78, 5) is 3.96. The largest absolute Gasteiger partial charge is 0.264 e. The van der Waals surface area contributed by atoms with Gasteiger partial charge in [-0.2, -0.15) is 5.10 Å². The van der Waals surface area contributed by atoms with Crippen molar-refractivity contribution in [3.05, 3.63) is 66.2 Å². The zero-order valence-corrected chi connectivity index (χ0v) is 12.3. The fourth-order valence-electron chi connectivity index (χ4n) is 2.01. The van der Waals surface area contributed by atoms with Gasteiger partial charge in [0, 0.05) is 24.2 Å². The first-order valence-electron chi connectivity index (χ1n) is 7.03. The first-order valence-corrected chi connectivity index (χ1v) is 7.03. The minimum absolute atomic E-state index is 0.546. The second-order valence-electron chi connectivity index (χ2n) is 5.00. The molecule has 0 amide bonds. The van der Waals surface area contributed by atoms with E-state index >= 15 is 0 Å². The van der Waals surface area contributed by atoms with E-state index in [1.165, 1.54) is 16.6 Å². The van der Waals surface area contributed by atoms with Gasteiger partial charge in [0.05, 0.1) is 11.7 Å². The third-order valence-electron chi connectivity index (χ3n) is 3.21. The number of hydrogen-bond acceptors (Lipinski definition) is 2. The normalized spacial score (nSPS) is 10.4. The molecule has 0 fully saturated rings. The molecule has 0 bridgehead atoms. The van der Waals surface area contributed by atoms with Crippen LogP contribution in [0.2, 0.25) is 0 Å². The number of aryl methyl sites for hydroxylation is 1. The molecule has 0 saturated heterocycles. The van der Waals surface area contributed by atoms with Crippen molar-refractivity contribution in [3.8, 4) is 0 Å². The van der Waals surface area contributed by atoms with Gasteiger partial charge >= 0.3 is 0 Å². The molecular formula is C17H21N3. The fraction of sp³-hybridized carbons (Fsp3) is 0.294. The number of hydrogen-bond donors (Lipinski definition) is 0. The predicted molar refractivity (Wildman–Crippen MR) is 82.9 cm³/mol. The molecule has 3 aromatic rings. The van der Waals surface area contributed by atoms with Gasteiger partial charge in [-0.05, 0) is 36.1 Å². The van der Waals surface area contributed by atoms with Crippen molar-refractivity contribution in [2.24, 2.45) is 0 Å². The van der Waals surface area contributed by atoms with Gasteiger partial charge in [-0.1, -0.05) is 32.9 Å². The molecule has 0 radical (unpaired) electrons. The molecule has 0 atom stereocenters. The van der Waals surface area contributed by atoms with E-state index in [-0.39, 0.29) is 0 Å². The van der Waals surface area contributed by atoms with E-state index in [0.29, 0.717) is 5.92 Å². The lowest BCUT2D eigenvalue weighted by Gasteiger charge is -2.00. The van der Waals surface area contributed by atoms with E-state index < -0.39 is 0 Å². The molecule has 3 heteroatoms. The Morgan fingerprint density at radius 1 is 1.10 bits per heavy atom. The molecule has 0 aliphatic carbocycles. The second-order valence-corrected chi connectivity index (χ2v) is 5.00. The van der Waals surface area contributed by atoms with Crippen molar-refractivity contribution in [2.75, 3.05) is 0 Å². The van der Waals surface area contributed by atoms with Gasteiger partial charge in [0.25, 0.3) is 0 Å². The Balaban J connectivity index is 0.000000160. The third-order valence-corrected chi connectivity index (χ3v) is 3.21. The molecule has 20 heavy (non-hydrogen) atoms. The Morgan fingerprint density at radius 2 is 1.95 bits per heavy atom. The monoisotopic (exact) mass is 267 g/mol. The molecule has 3 heterocycles. The van der Waals surface area contributed by atoms with Crippen LogP contribution in [0.5, 0.6) is 0 Å². The first kappa shape index (κ1) is 14.3. The number of rotatable bonds is 2. The molecule has 0 spiro atoms. The van der Waals surface area contributed by atoms with Crippen LogP contribution in [0.4, 0.5) is 0 Å². The summed E-state index contributed by atoms with van der Waals surface area (Å²) < 4.78 is 1.91.